The predicted molar refractivity (Wildman–Crippen MR) is 61.7 cm³/mol. The lowest BCUT2D eigenvalue weighted by Gasteiger charge is -2.23. The number of benzene rings is 1. The minimum absolute atomic E-state index is 0.136. The first-order valence-electron chi connectivity index (χ1n) is 5.56. The minimum atomic E-state index is -0.782. The van der Waals surface area contributed by atoms with Crippen LogP contribution >= 0.6 is 11.6 Å². The van der Waals surface area contributed by atoms with Crippen molar-refractivity contribution in [3.63, 3.8) is 0 Å². The van der Waals surface area contributed by atoms with Crippen molar-refractivity contribution in [2.45, 2.75) is 38.0 Å². The maximum Gasteiger partial charge on any atom is 0.159 e. The molecule has 0 aliphatic heterocycles. The van der Waals surface area contributed by atoms with Gasteiger partial charge in [0, 0.05) is 5.38 Å². The summed E-state index contributed by atoms with van der Waals surface area (Å²) in [4.78, 5) is 0. The molecule has 2 atom stereocenters. The summed E-state index contributed by atoms with van der Waals surface area (Å²) in [6.45, 7) is 2.16. The topological polar surface area (TPSA) is 0 Å². The van der Waals surface area contributed by atoms with Crippen LogP contribution in [-0.2, 0) is 6.42 Å². The van der Waals surface area contributed by atoms with Gasteiger partial charge in [-0.15, -0.1) is 11.6 Å². The SMILES string of the molecule is CC1(Cc2ccc(F)c(F)c2)CCC(Cl)C1. The van der Waals surface area contributed by atoms with Gasteiger partial charge in [0.1, 0.15) is 0 Å². The summed E-state index contributed by atoms with van der Waals surface area (Å²) < 4.78 is 25.8. The zero-order valence-corrected chi connectivity index (χ0v) is 10.0. The van der Waals surface area contributed by atoms with Crippen LogP contribution in [0.1, 0.15) is 31.7 Å². The Labute approximate surface area is 99.6 Å². The maximum absolute atomic E-state index is 13.1. The number of rotatable bonds is 2. The Morgan fingerprint density at radius 3 is 2.69 bits per heavy atom. The van der Waals surface area contributed by atoms with Crippen LogP contribution in [0.2, 0.25) is 0 Å². The van der Waals surface area contributed by atoms with Gasteiger partial charge in [0.2, 0.25) is 0 Å². The van der Waals surface area contributed by atoms with E-state index in [1.807, 2.05) is 0 Å². The summed E-state index contributed by atoms with van der Waals surface area (Å²) in [5, 5.41) is 0.232. The second kappa shape index (κ2) is 4.33. The Bertz CT molecular complexity index is 392. The molecular weight excluding hydrogens is 230 g/mol. The van der Waals surface area contributed by atoms with Gasteiger partial charge in [0.05, 0.1) is 0 Å². The molecule has 0 amide bonds. The molecule has 1 aliphatic carbocycles. The van der Waals surface area contributed by atoms with E-state index in [2.05, 4.69) is 6.92 Å². The fraction of sp³-hybridized carbons (Fsp3) is 0.538. The van der Waals surface area contributed by atoms with Gasteiger partial charge in [-0.2, -0.15) is 0 Å². The van der Waals surface area contributed by atoms with Crippen molar-refractivity contribution < 1.29 is 8.78 Å². The number of hydrogen-bond acceptors (Lipinski definition) is 0. The molecule has 3 heteroatoms. The fourth-order valence-corrected chi connectivity index (χ4v) is 3.03. The quantitative estimate of drug-likeness (QED) is 0.681. The molecule has 2 rings (SSSR count). The number of hydrogen-bond donors (Lipinski definition) is 0. The van der Waals surface area contributed by atoms with Crippen LogP contribution in [0, 0.1) is 17.0 Å². The molecule has 0 heterocycles. The summed E-state index contributed by atoms with van der Waals surface area (Å²) in [6.07, 6.45) is 3.79. The Morgan fingerprint density at radius 1 is 1.38 bits per heavy atom. The summed E-state index contributed by atoms with van der Waals surface area (Å²) >= 11 is 6.09. The standard InChI is InChI=1S/C13H15ClF2/c1-13(5-4-10(14)8-13)7-9-2-3-11(15)12(16)6-9/h2-3,6,10H,4-5,7-8H2,1H3. The molecule has 0 bridgehead atoms. The van der Waals surface area contributed by atoms with Crippen molar-refractivity contribution in [3.05, 3.63) is 35.4 Å². The molecule has 1 aromatic carbocycles. The van der Waals surface area contributed by atoms with Crippen molar-refractivity contribution in [1.29, 1.82) is 0 Å². The highest BCUT2D eigenvalue weighted by Crippen LogP contribution is 2.42. The maximum atomic E-state index is 13.1. The van der Waals surface area contributed by atoms with E-state index in [0.717, 1.165) is 31.2 Å². The van der Waals surface area contributed by atoms with E-state index >= 15 is 0 Å². The molecule has 0 aromatic heterocycles. The van der Waals surface area contributed by atoms with Crippen LogP contribution in [0.3, 0.4) is 0 Å². The average molecular weight is 245 g/mol. The summed E-state index contributed by atoms with van der Waals surface area (Å²) in [5.41, 5.74) is 0.989. The first kappa shape index (κ1) is 11.8. The molecule has 1 saturated carbocycles. The zero-order valence-electron chi connectivity index (χ0n) is 9.27. The van der Waals surface area contributed by atoms with Crippen LogP contribution < -0.4 is 0 Å². The van der Waals surface area contributed by atoms with Crippen molar-refractivity contribution in [1.82, 2.24) is 0 Å². The fourth-order valence-electron chi connectivity index (χ4n) is 2.55. The lowest BCUT2D eigenvalue weighted by molar-refractivity contribution is 0.334. The molecule has 1 fully saturated rings. The van der Waals surface area contributed by atoms with Crippen molar-refractivity contribution in [2.24, 2.45) is 5.41 Å². The van der Waals surface area contributed by atoms with E-state index in [9.17, 15) is 8.78 Å². The van der Waals surface area contributed by atoms with Gasteiger partial charge in [0.25, 0.3) is 0 Å². The molecule has 1 aromatic rings. The van der Waals surface area contributed by atoms with Crippen molar-refractivity contribution in [2.75, 3.05) is 0 Å². The van der Waals surface area contributed by atoms with Crippen molar-refractivity contribution >= 4 is 11.6 Å². The normalized spacial score (nSPS) is 29.6. The molecule has 0 N–H and O–H groups in total. The van der Waals surface area contributed by atoms with E-state index in [4.69, 9.17) is 11.6 Å². The lowest BCUT2D eigenvalue weighted by Crippen LogP contribution is -2.16. The molecule has 16 heavy (non-hydrogen) atoms. The summed E-state index contributed by atoms with van der Waals surface area (Å²) in [6, 6.07) is 4.15. The first-order valence-corrected chi connectivity index (χ1v) is 6.00. The molecule has 0 radical (unpaired) electrons. The highest BCUT2D eigenvalue weighted by molar-refractivity contribution is 6.20. The molecule has 0 spiro atoms. The van der Waals surface area contributed by atoms with Gasteiger partial charge in [-0.05, 0) is 48.8 Å². The third-order valence-corrected chi connectivity index (χ3v) is 3.76. The predicted octanol–water partition coefficient (Wildman–Crippen LogP) is 4.30. The van der Waals surface area contributed by atoms with Crippen LogP contribution in [0.25, 0.3) is 0 Å². The average Bonchev–Trinajstić information content (AvgIpc) is 2.52. The Morgan fingerprint density at radius 2 is 2.12 bits per heavy atom. The third kappa shape index (κ3) is 2.54. The molecule has 0 nitrogen and oxygen atoms in total. The highest BCUT2D eigenvalue weighted by Gasteiger charge is 2.34. The number of alkyl halides is 1. The van der Waals surface area contributed by atoms with Gasteiger partial charge in [0.15, 0.2) is 11.6 Å². The Balaban J connectivity index is 2.12. The summed E-state index contributed by atoms with van der Waals surface area (Å²) in [5.74, 6) is -1.54. The largest absolute Gasteiger partial charge is 0.204 e. The van der Waals surface area contributed by atoms with Crippen LogP contribution in [-0.4, -0.2) is 5.38 Å². The second-order valence-corrected chi connectivity index (χ2v) is 5.69. The first-order chi connectivity index (χ1) is 7.48. The third-order valence-electron chi connectivity index (χ3n) is 3.39. The van der Waals surface area contributed by atoms with Gasteiger partial charge >= 0.3 is 0 Å². The molecule has 1 aliphatic rings. The van der Waals surface area contributed by atoms with E-state index in [-0.39, 0.29) is 10.8 Å². The number of halogens is 3. The van der Waals surface area contributed by atoms with E-state index in [1.165, 1.54) is 12.1 Å². The van der Waals surface area contributed by atoms with Gasteiger partial charge in [-0.3, -0.25) is 0 Å². The van der Waals surface area contributed by atoms with Crippen molar-refractivity contribution in [3.8, 4) is 0 Å². The monoisotopic (exact) mass is 244 g/mol. The molecule has 2 unspecified atom stereocenters. The zero-order chi connectivity index (χ0) is 11.8. The summed E-state index contributed by atoms with van der Waals surface area (Å²) in [7, 11) is 0. The lowest BCUT2D eigenvalue weighted by atomic mass is 9.82. The molecular formula is C13H15ClF2. The Kier molecular flexibility index (Phi) is 3.20. The van der Waals surface area contributed by atoms with Crippen LogP contribution in [0.5, 0.6) is 0 Å². The minimum Gasteiger partial charge on any atom is -0.204 e. The van der Waals surface area contributed by atoms with Crippen LogP contribution in [0.15, 0.2) is 18.2 Å². The Hall–Kier alpha value is -0.630. The molecule has 0 saturated heterocycles. The van der Waals surface area contributed by atoms with E-state index in [0.29, 0.717) is 0 Å². The van der Waals surface area contributed by atoms with E-state index < -0.39 is 11.6 Å². The van der Waals surface area contributed by atoms with Gasteiger partial charge < -0.3 is 0 Å². The second-order valence-electron chi connectivity index (χ2n) is 5.08. The van der Waals surface area contributed by atoms with E-state index in [1.54, 1.807) is 6.07 Å². The highest BCUT2D eigenvalue weighted by atomic mass is 35.5. The smallest absolute Gasteiger partial charge is 0.159 e. The molecule has 88 valence electrons. The van der Waals surface area contributed by atoms with Gasteiger partial charge in [-0.1, -0.05) is 13.0 Å². The van der Waals surface area contributed by atoms with Gasteiger partial charge in [-0.25, -0.2) is 8.78 Å². The van der Waals surface area contributed by atoms with Crippen LogP contribution in [0.4, 0.5) is 8.78 Å².